The number of carbonyl (C=O) groups is 2. The molecular weight excluding hydrogens is 391 g/mol. The molecule has 0 saturated heterocycles. The number of methoxy groups -OCH3 is 2. The molecule has 1 N–H and O–H groups in total. The number of hydrogen-bond donors (Lipinski definition) is 1. The summed E-state index contributed by atoms with van der Waals surface area (Å²) in [4.78, 5) is 23.6. The van der Waals surface area contributed by atoms with E-state index < -0.39 is 30.2 Å². The van der Waals surface area contributed by atoms with Gasteiger partial charge in [-0.05, 0) is 35.9 Å². The summed E-state index contributed by atoms with van der Waals surface area (Å²) in [7, 11) is 2.92. The van der Waals surface area contributed by atoms with Crippen molar-refractivity contribution in [1.29, 1.82) is 0 Å². The van der Waals surface area contributed by atoms with Crippen molar-refractivity contribution in [3.8, 4) is 11.5 Å². The second-order valence-electron chi connectivity index (χ2n) is 5.68. The summed E-state index contributed by atoms with van der Waals surface area (Å²) in [5.41, 5.74) is -0.0418. The molecule has 2 aromatic rings. The van der Waals surface area contributed by atoms with Crippen molar-refractivity contribution in [2.75, 3.05) is 26.1 Å². The molecule has 0 aliphatic heterocycles. The maximum atomic E-state index is 12.5. The Balaban J connectivity index is 1.87. The average molecular weight is 409 g/mol. The summed E-state index contributed by atoms with van der Waals surface area (Å²) in [6, 6.07) is 9.01. The maximum Gasteiger partial charge on any atom is 0.416 e. The van der Waals surface area contributed by atoms with Gasteiger partial charge in [-0.15, -0.1) is 0 Å². The van der Waals surface area contributed by atoms with Crippen LogP contribution in [0.25, 0.3) is 6.08 Å². The number of amides is 1. The van der Waals surface area contributed by atoms with E-state index in [1.165, 1.54) is 32.4 Å². The molecule has 0 atom stereocenters. The summed E-state index contributed by atoms with van der Waals surface area (Å²) in [6.45, 7) is -0.550. The number of hydrogen-bond acceptors (Lipinski definition) is 5. The second-order valence-corrected chi connectivity index (χ2v) is 5.68. The van der Waals surface area contributed by atoms with Gasteiger partial charge in [-0.1, -0.05) is 12.1 Å². The van der Waals surface area contributed by atoms with Gasteiger partial charge in [0.15, 0.2) is 6.61 Å². The highest BCUT2D eigenvalue weighted by Crippen LogP contribution is 2.30. The third kappa shape index (κ3) is 6.56. The van der Waals surface area contributed by atoms with Gasteiger partial charge in [0.25, 0.3) is 5.91 Å². The van der Waals surface area contributed by atoms with Gasteiger partial charge < -0.3 is 19.5 Å². The van der Waals surface area contributed by atoms with Crippen LogP contribution in [-0.4, -0.2) is 32.7 Å². The number of rotatable bonds is 7. The molecule has 0 spiro atoms. The van der Waals surface area contributed by atoms with Gasteiger partial charge in [0.2, 0.25) is 0 Å². The molecule has 0 heterocycles. The summed E-state index contributed by atoms with van der Waals surface area (Å²) >= 11 is 0. The van der Waals surface area contributed by atoms with Crippen LogP contribution in [0.3, 0.4) is 0 Å². The lowest BCUT2D eigenvalue weighted by molar-refractivity contribution is -0.142. The van der Waals surface area contributed by atoms with Crippen LogP contribution in [0.5, 0.6) is 11.5 Å². The summed E-state index contributed by atoms with van der Waals surface area (Å²) in [6.07, 6.45) is -2.13. The van der Waals surface area contributed by atoms with Gasteiger partial charge in [-0.25, -0.2) is 4.79 Å². The Morgan fingerprint density at radius 1 is 1.03 bits per heavy atom. The Morgan fingerprint density at radius 2 is 1.72 bits per heavy atom. The SMILES string of the molecule is COc1ccc(NC(=O)COC(=O)/C=C/c2ccc(C(F)(F)F)cc2)c(OC)c1. The number of halogens is 3. The molecule has 0 aliphatic rings. The molecule has 0 bridgehead atoms. The molecule has 0 saturated carbocycles. The highest BCUT2D eigenvalue weighted by atomic mass is 19.4. The lowest BCUT2D eigenvalue weighted by Gasteiger charge is -2.11. The molecule has 2 aromatic carbocycles. The average Bonchev–Trinajstić information content (AvgIpc) is 2.70. The highest BCUT2D eigenvalue weighted by molar-refractivity contribution is 5.95. The third-order valence-corrected chi connectivity index (χ3v) is 3.68. The Kier molecular flexibility index (Phi) is 7.24. The van der Waals surface area contributed by atoms with E-state index in [9.17, 15) is 22.8 Å². The van der Waals surface area contributed by atoms with Crippen molar-refractivity contribution < 1.29 is 37.0 Å². The van der Waals surface area contributed by atoms with Crippen molar-refractivity contribution in [3.05, 3.63) is 59.7 Å². The molecule has 2 rings (SSSR count). The quantitative estimate of drug-likeness (QED) is 0.554. The van der Waals surface area contributed by atoms with Crippen LogP contribution < -0.4 is 14.8 Å². The van der Waals surface area contributed by atoms with Crippen LogP contribution in [0.2, 0.25) is 0 Å². The molecule has 29 heavy (non-hydrogen) atoms. The molecule has 0 fully saturated rings. The van der Waals surface area contributed by atoms with Gasteiger partial charge in [0.1, 0.15) is 11.5 Å². The van der Waals surface area contributed by atoms with Gasteiger partial charge in [-0.2, -0.15) is 13.2 Å². The summed E-state index contributed by atoms with van der Waals surface area (Å²) in [5.74, 6) is -0.502. The molecule has 1 amide bonds. The van der Waals surface area contributed by atoms with E-state index in [2.05, 4.69) is 5.32 Å². The smallest absolute Gasteiger partial charge is 0.416 e. The minimum absolute atomic E-state index is 0.367. The molecule has 0 aliphatic carbocycles. The molecule has 9 heteroatoms. The summed E-state index contributed by atoms with van der Waals surface area (Å²) < 4.78 is 52.5. The first kappa shape index (κ1) is 21.8. The van der Waals surface area contributed by atoms with Gasteiger partial charge in [-0.3, -0.25) is 4.79 Å². The minimum atomic E-state index is -4.43. The van der Waals surface area contributed by atoms with Gasteiger partial charge >= 0.3 is 12.1 Å². The van der Waals surface area contributed by atoms with Crippen LogP contribution in [-0.2, 0) is 20.5 Å². The first-order chi connectivity index (χ1) is 13.7. The van der Waals surface area contributed by atoms with Crippen molar-refractivity contribution in [3.63, 3.8) is 0 Å². The highest BCUT2D eigenvalue weighted by Gasteiger charge is 2.29. The largest absolute Gasteiger partial charge is 0.497 e. The predicted octanol–water partition coefficient (Wildman–Crippen LogP) is 3.92. The first-order valence-electron chi connectivity index (χ1n) is 8.27. The van der Waals surface area contributed by atoms with Gasteiger partial charge in [0.05, 0.1) is 25.5 Å². The predicted molar refractivity (Wildman–Crippen MR) is 99.6 cm³/mol. The zero-order valence-electron chi connectivity index (χ0n) is 15.6. The lowest BCUT2D eigenvalue weighted by atomic mass is 10.1. The normalized spacial score (nSPS) is 11.2. The number of ether oxygens (including phenoxy) is 3. The zero-order chi connectivity index (χ0) is 21.4. The topological polar surface area (TPSA) is 73.9 Å². The number of anilines is 1. The fourth-order valence-corrected chi connectivity index (χ4v) is 2.22. The second kappa shape index (κ2) is 9.63. The van der Waals surface area contributed by atoms with Crippen LogP contribution in [0.15, 0.2) is 48.5 Å². The van der Waals surface area contributed by atoms with Crippen molar-refractivity contribution >= 4 is 23.6 Å². The van der Waals surface area contributed by atoms with Crippen molar-refractivity contribution in [1.82, 2.24) is 0 Å². The Hall–Kier alpha value is -3.49. The molecule has 6 nitrogen and oxygen atoms in total. The number of carbonyl (C=O) groups excluding carboxylic acids is 2. The third-order valence-electron chi connectivity index (χ3n) is 3.68. The van der Waals surface area contributed by atoms with Crippen molar-refractivity contribution in [2.45, 2.75) is 6.18 Å². The molecule has 0 radical (unpaired) electrons. The van der Waals surface area contributed by atoms with Crippen LogP contribution in [0, 0.1) is 0 Å². The molecule has 0 unspecified atom stereocenters. The van der Waals surface area contributed by atoms with Crippen LogP contribution in [0.1, 0.15) is 11.1 Å². The number of alkyl halides is 3. The number of esters is 1. The Labute approximate surface area is 164 Å². The number of nitrogens with one attached hydrogen (secondary N) is 1. The first-order valence-corrected chi connectivity index (χ1v) is 8.27. The van der Waals surface area contributed by atoms with E-state index in [0.29, 0.717) is 22.7 Å². The monoisotopic (exact) mass is 409 g/mol. The Morgan fingerprint density at radius 3 is 2.31 bits per heavy atom. The van der Waals surface area contributed by atoms with Crippen LogP contribution in [0.4, 0.5) is 18.9 Å². The standard InChI is InChI=1S/C20H18F3NO5/c1-27-15-8-9-16(17(11-15)28-2)24-18(25)12-29-19(26)10-5-13-3-6-14(7-4-13)20(21,22)23/h3-11H,12H2,1-2H3,(H,24,25)/b10-5+. The van der Waals surface area contributed by atoms with E-state index in [4.69, 9.17) is 14.2 Å². The van der Waals surface area contributed by atoms with E-state index in [-0.39, 0.29) is 0 Å². The van der Waals surface area contributed by atoms with E-state index in [1.807, 2.05) is 0 Å². The molecule has 154 valence electrons. The van der Waals surface area contributed by atoms with E-state index >= 15 is 0 Å². The van der Waals surface area contributed by atoms with E-state index in [0.717, 1.165) is 18.2 Å². The fourth-order valence-electron chi connectivity index (χ4n) is 2.22. The zero-order valence-corrected chi connectivity index (χ0v) is 15.6. The molecule has 0 aromatic heterocycles. The summed E-state index contributed by atoms with van der Waals surface area (Å²) in [5, 5.41) is 2.53. The maximum absolute atomic E-state index is 12.5. The van der Waals surface area contributed by atoms with Crippen molar-refractivity contribution in [2.24, 2.45) is 0 Å². The fraction of sp³-hybridized carbons (Fsp3) is 0.200. The minimum Gasteiger partial charge on any atom is -0.497 e. The van der Waals surface area contributed by atoms with Gasteiger partial charge in [0, 0.05) is 12.1 Å². The Bertz CT molecular complexity index is 892. The van der Waals surface area contributed by atoms with Crippen LogP contribution >= 0.6 is 0 Å². The lowest BCUT2D eigenvalue weighted by Crippen LogP contribution is -2.20. The van der Waals surface area contributed by atoms with E-state index in [1.54, 1.807) is 18.2 Å². The number of benzene rings is 2. The molecular formula is C20H18F3NO5.